The summed E-state index contributed by atoms with van der Waals surface area (Å²) in [5.74, 6) is 0.829. The van der Waals surface area contributed by atoms with Gasteiger partial charge < -0.3 is 14.7 Å². The van der Waals surface area contributed by atoms with Gasteiger partial charge >= 0.3 is 0 Å². The van der Waals surface area contributed by atoms with Crippen LogP contribution < -0.4 is 9.64 Å². The van der Waals surface area contributed by atoms with Crippen LogP contribution >= 0.6 is 0 Å². The van der Waals surface area contributed by atoms with E-state index in [9.17, 15) is 5.11 Å². The lowest BCUT2D eigenvalue weighted by molar-refractivity contribution is 0.183. The van der Waals surface area contributed by atoms with E-state index >= 15 is 0 Å². The monoisotopic (exact) mass is 271 g/mol. The lowest BCUT2D eigenvalue weighted by Gasteiger charge is -2.26. The first kappa shape index (κ1) is 14.4. The number of hydrogen-bond acceptors (Lipinski definition) is 3. The number of ether oxygens (including phenoxy) is 1. The topological polar surface area (TPSA) is 32.7 Å². The van der Waals surface area contributed by atoms with Crippen molar-refractivity contribution in [1.29, 1.82) is 0 Å². The normalized spacial score (nSPS) is 11.9. The molecule has 0 saturated carbocycles. The van der Waals surface area contributed by atoms with Crippen LogP contribution in [0.15, 0.2) is 54.6 Å². The van der Waals surface area contributed by atoms with Crippen molar-refractivity contribution in [1.82, 2.24) is 0 Å². The molecule has 3 nitrogen and oxygen atoms in total. The molecule has 3 heteroatoms. The van der Waals surface area contributed by atoms with Gasteiger partial charge in [-0.3, -0.25) is 0 Å². The highest BCUT2D eigenvalue weighted by Gasteiger charge is 2.13. The molecule has 0 spiro atoms. The number of methoxy groups -OCH3 is 1. The fourth-order valence-electron chi connectivity index (χ4n) is 2.21. The molecular weight excluding hydrogens is 250 g/mol. The minimum absolute atomic E-state index is 0.498. The van der Waals surface area contributed by atoms with Crippen molar-refractivity contribution in [3.63, 3.8) is 0 Å². The molecule has 0 fully saturated rings. The van der Waals surface area contributed by atoms with E-state index in [1.165, 1.54) is 0 Å². The molecule has 1 N–H and O–H groups in total. The van der Waals surface area contributed by atoms with Gasteiger partial charge in [-0.15, -0.1) is 0 Å². The molecule has 106 valence electrons. The van der Waals surface area contributed by atoms with E-state index in [1.54, 1.807) is 7.11 Å². The fraction of sp³-hybridized carbons (Fsp3) is 0.294. The van der Waals surface area contributed by atoms with Crippen LogP contribution in [0, 0.1) is 0 Å². The number of anilines is 1. The zero-order chi connectivity index (χ0) is 14.4. The van der Waals surface area contributed by atoms with Crippen LogP contribution in [0.2, 0.25) is 0 Å². The fourth-order valence-corrected chi connectivity index (χ4v) is 2.21. The Labute approximate surface area is 120 Å². The summed E-state index contributed by atoms with van der Waals surface area (Å²) in [6.45, 7) is 3.47. The van der Waals surface area contributed by atoms with E-state index in [2.05, 4.69) is 11.8 Å². The zero-order valence-electron chi connectivity index (χ0n) is 12.0. The number of benzene rings is 2. The van der Waals surface area contributed by atoms with Crippen molar-refractivity contribution in [3.05, 3.63) is 60.2 Å². The van der Waals surface area contributed by atoms with E-state index in [1.807, 2.05) is 54.6 Å². The minimum atomic E-state index is -0.498. The average molecular weight is 271 g/mol. The van der Waals surface area contributed by atoms with Crippen molar-refractivity contribution >= 4 is 5.69 Å². The van der Waals surface area contributed by atoms with Gasteiger partial charge in [0.1, 0.15) is 5.75 Å². The predicted octanol–water partition coefficient (Wildman–Crippen LogP) is 3.26. The van der Waals surface area contributed by atoms with Crippen LogP contribution in [0.5, 0.6) is 5.75 Å². The Hall–Kier alpha value is -2.00. The van der Waals surface area contributed by atoms with E-state index < -0.39 is 6.10 Å². The number of nitrogens with zero attached hydrogens (tertiary/aromatic N) is 1. The first-order chi connectivity index (χ1) is 9.74. The molecule has 0 aliphatic rings. The van der Waals surface area contributed by atoms with Crippen molar-refractivity contribution in [2.24, 2.45) is 0 Å². The predicted molar refractivity (Wildman–Crippen MR) is 82.3 cm³/mol. The third-order valence-electron chi connectivity index (χ3n) is 3.38. The van der Waals surface area contributed by atoms with Gasteiger partial charge in [0.05, 0.1) is 13.2 Å². The molecule has 2 aromatic rings. The molecule has 0 bridgehead atoms. The van der Waals surface area contributed by atoms with Crippen molar-refractivity contribution in [3.8, 4) is 5.75 Å². The molecule has 0 aromatic heterocycles. The Bertz CT molecular complexity index is 528. The molecule has 0 aliphatic carbocycles. The summed E-state index contributed by atoms with van der Waals surface area (Å²) in [7, 11) is 1.66. The van der Waals surface area contributed by atoms with Crippen LogP contribution in [-0.2, 0) is 0 Å². The highest BCUT2D eigenvalue weighted by atomic mass is 16.5. The second-order valence-electron chi connectivity index (χ2n) is 4.67. The average Bonchev–Trinajstić information content (AvgIpc) is 2.53. The van der Waals surface area contributed by atoms with Crippen molar-refractivity contribution in [2.75, 3.05) is 25.1 Å². The summed E-state index contributed by atoms with van der Waals surface area (Å²) in [6.07, 6.45) is -0.498. The first-order valence-corrected chi connectivity index (χ1v) is 6.86. The van der Waals surface area contributed by atoms with Crippen LogP contribution in [-0.4, -0.2) is 25.3 Å². The Morgan fingerprint density at radius 1 is 1.10 bits per heavy atom. The Kier molecular flexibility index (Phi) is 5.02. The van der Waals surface area contributed by atoms with Gasteiger partial charge in [0.25, 0.3) is 0 Å². The highest BCUT2D eigenvalue weighted by molar-refractivity contribution is 5.51. The van der Waals surface area contributed by atoms with Gasteiger partial charge in [0.2, 0.25) is 0 Å². The Morgan fingerprint density at radius 3 is 2.50 bits per heavy atom. The molecule has 0 radical (unpaired) electrons. The lowest BCUT2D eigenvalue weighted by Crippen LogP contribution is -2.28. The molecule has 0 aliphatic heterocycles. The summed E-state index contributed by atoms with van der Waals surface area (Å²) < 4.78 is 5.25. The summed E-state index contributed by atoms with van der Waals surface area (Å²) in [6, 6.07) is 17.6. The van der Waals surface area contributed by atoms with E-state index in [4.69, 9.17) is 4.74 Å². The lowest BCUT2D eigenvalue weighted by atomic mass is 10.1. The number of aliphatic hydroxyl groups is 1. The SMILES string of the molecule is CCN(CC(O)c1ccccc1)c1cccc(OC)c1. The number of likely N-dealkylation sites (N-methyl/N-ethyl adjacent to an activating group) is 1. The second kappa shape index (κ2) is 6.96. The van der Waals surface area contributed by atoms with Gasteiger partial charge in [0, 0.05) is 24.8 Å². The standard InChI is InChI=1S/C17H21NO2/c1-3-18(15-10-7-11-16(12-15)20-2)13-17(19)14-8-5-4-6-9-14/h4-12,17,19H,3,13H2,1-2H3. The molecule has 20 heavy (non-hydrogen) atoms. The van der Waals surface area contributed by atoms with Gasteiger partial charge in [-0.1, -0.05) is 36.4 Å². The maximum Gasteiger partial charge on any atom is 0.120 e. The molecule has 1 unspecified atom stereocenters. The largest absolute Gasteiger partial charge is 0.497 e. The molecule has 1 atom stereocenters. The summed E-state index contributed by atoms with van der Waals surface area (Å²) in [5, 5.41) is 10.3. The maximum atomic E-state index is 10.3. The van der Waals surface area contributed by atoms with Gasteiger partial charge in [-0.05, 0) is 24.6 Å². The molecule has 0 saturated heterocycles. The van der Waals surface area contributed by atoms with Gasteiger partial charge in [0.15, 0.2) is 0 Å². The summed E-state index contributed by atoms with van der Waals surface area (Å²) in [5.41, 5.74) is 2.00. The molecular formula is C17H21NO2. The zero-order valence-corrected chi connectivity index (χ0v) is 12.0. The van der Waals surface area contributed by atoms with Gasteiger partial charge in [-0.2, -0.15) is 0 Å². The molecule has 0 amide bonds. The van der Waals surface area contributed by atoms with Crippen molar-refractivity contribution in [2.45, 2.75) is 13.0 Å². The quantitative estimate of drug-likeness (QED) is 0.875. The van der Waals surface area contributed by atoms with E-state index in [-0.39, 0.29) is 0 Å². The summed E-state index contributed by atoms with van der Waals surface area (Å²) in [4.78, 5) is 2.14. The third-order valence-corrected chi connectivity index (χ3v) is 3.38. The number of hydrogen-bond donors (Lipinski definition) is 1. The van der Waals surface area contributed by atoms with Crippen LogP contribution in [0.4, 0.5) is 5.69 Å². The number of aliphatic hydroxyl groups excluding tert-OH is 1. The first-order valence-electron chi connectivity index (χ1n) is 6.86. The minimum Gasteiger partial charge on any atom is -0.497 e. The number of rotatable bonds is 6. The van der Waals surface area contributed by atoms with E-state index in [0.29, 0.717) is 6.54 Å². The van der Waals surface area contributed by atoms with E-state index in [0.717, 1.165) is 23.5 Å². The van der Waals surface area contributed by atoms with Gasteiger partial charge in [-0.25, -0.2) is 0 Å². The second-order valence-corrected chi connectivity index (χ2v) is 4.67. The van der Waals surface area contributed by atoms with Crippen LogP contribution in [0.1, 0.15) is 18.6 Å². The van der Waals surface area contributed by atoms with Crippen molar-refractivity contribution < 1.29 is 9.84 Å². The van der Waals surface area contributed by atoms with Crippen LogP contribution in [0.3, 0.4) is 0 Å². The Morgan fingerprint density at radius 2 is 1.85 bits per heavy atom. The third kappa shape index (κ3) is 3.52. The molecule has 0 heterocycles. The highest BCUT2D eigenvalue weighted by Crippen LogP contribution is 2.23. The van der Waals surface area contributed by atoms with Crippen LogP contribution in [0.25, 0.3) is 0 Å². The smallest absolute Gasteiger partial charge is 0.120 e. The summed E-state index contributed by atoms with van der Waals surface area (Å²) >= 11 is 0. The molecule has 2 aromatic carbocycles. The Balaban J connectivity index is 2.12. The maximum absolute atomic E-state index is 10.3. The molecule has 2 rings (SSSR count).